The van der Waals surface area contributed by atoms with Crippen molar-refractivity contribution in [3.8, 4) is 0 Å². The predicted molar refractivity (Wildman–Crippen MR) is 75.3 cm³/mol. The highest BCUT2D eigenvalue weighted by atomic mass is 16.5. The first-order valence-corrected chi connectivity index (χ1v) is 7.78. The van der Waals surface area contributed by atoms with Crippen molar-refractivity contribution in [1.82, 2.24) is 5.32 Å². The average molecular weight is 293 g/mol. The second kappa shape index (κ2) is 4.82. The lowest BCUT2D eigenvalue weighted by molar-refractivity contribution is -0.176. The Kier molecular flexibility index (Phi) is 3.34. The summed E-state index contributed by atoms with van der Waals surface area (Å²) < 4.78 is 5.24. The Morgan fingerprint density at radius 2 is 1.71 bits per heavy atom. The van der Waals surface area contributed by atoms with Crippen molar-refractivity contribution in [3.05, 3.63) is 0 Å². The molecule has 4 aliphatic carbocycles. The van der Waals surface area contributed by atoms with Gasteiger partial charge in [0.1, 0.15) is 6.61 Å². The van der Waals surface area contributed by atoms with Gasteiger partial charge in [0.15, 0.2) is 5.78 Å². The lowest BCUT2D eigenvalue weighted by atomic mass is 9.47. The molecule has 2 atom stereocenters. The third-order valence-corrected chi connectivity index (χ3v) is 5.34. The first kappa shape index (κ1) is 14.5. The summed E-state index contributed by atoms with van der Waals surface area (Å²) in [5.41, 5.74) is -0.715. The molecule has 2 unspecified atom stereocenters. The Morgan fingerprint density at radius 1 is 1.10 bits per heavy atom. The maximum Gasteiger partial charge on any atom is 0.312 e. The zero-order valence-corrected chi connectivity index (χ0v) is 12.7. The molecule has 0 aliphatic heterocycles. The molecule has 4 fully saturated rings. The topological polar surface area (TPSA) is 72.5 Å². The second-order valence-electron chi connectivity index (χ2n) is 7.48. The Labute approximate surface area is 124 Å². The van der Waals surface area contributed by atoms with E-state index in [4.69, 9.17) is 4.74 Å². The maximum absolute atomic E-state index is 12.5. The minimum absolute atomic E-state index is 0.0239. The standard InChI is InChI=1S/C16H23NO4/c1-10(18)8-21-14(20)15-4-12-3-13(5-15)7-16(6-12,9-15)17-11(2)19/h12-13H,3-9H2,1-2H3,(H,17,19). The number of amides is 1. The van der Waals surface area contributed by atoms with Gasteiger partial charge in [0, 0.05) is 12.5 Å². The fourth-order valence-electron chi connectivity index (χ4n) is 5.34. The summed E-state index contributed by atoms with van der Waals surface area (Å²) in [5.74, 6) is 0.585. The summed E-state index contributed by atoms with van der Waals surface area (Å²) in [6.45, 7) is 2.83. The molecule has 0 aromatic rings. The maximum atomic E-state index is 12.5. The van der Waals surface area contributed by atoms with Crippen molar-refractivity contribution in [2.24, 2.45) is 17.3 Å². The molecule has 4 bridgehead atoms. The molecule has 21 heavy (non-hydrogen) atoms. The molecule has 116 valence electrons. The highest BCUT2D eigenvalue weighted by Crippen LogP contribution is 2.62. The van der Waals surface area contributed by atoms with Crippen LogP contribution in [-0.2, 0) is 19.1 Å². The van der Waals surface area contributed by atoms with Crippen LogP contribution in [-0.4, -0.2) is 29.8 Å². The van der Waals surface area contributed by atoms with Crippen LogP contribution in [0.5, 0.6) is 0 Å². The average Bonchev–Trinajstić information content (AvgIpc) is 2.32. The van der Waals surface area contributed by atoms with Crippen LogP contribution >= 0.6 is 0 Å². The number of hydrogen-bond acceptors (Lipinski definition) is 4. The summed E-state index contributed by atoms with van der Waals surface area (Å²) in [4.78, 5) is 35.1. The van der Waals surface area contributed by atoms with Crippen LogP contribution < -0.4 is 5.32 Å². The van der Waals surface area contributed by atoms with Gasteiger partial charge in [-0.1, -0.05) is 0 Å². The van der Waals surface area contributed by atoms with Crippen LogP contribution in [0.4, 0.5) is 0 Å². The van der Waals surface area contributed by atoms with Gasteiger partial charge in [0.2, 0.25) is 5.91 Å². The van der Waals surface area contributed by atoms with Gasteiger partial charge in [-0.2, -0.15) is 0 Å². The number of ether oxygens (including phenoxy) is 1. The zero-order chi connectivity index (χ0) is 15.3. The lowest BCUT2D eigenvalue weighted by Gasteiger charge is -2.60. The van der Waals surface area contributed by atoms with Crippen molar-refractivity contribution >= 4 is 17.7 Å². The van der Waals surface area contributed by atoms with E-state index in [-0.39, 0.29) is 29.8 Å². The largest absolute Gasteiger partial charge is 0.457 e. The third-order valence-electron chi connectivity index (χ3n) is 5.34. The number of rotatable bonds is 4. The van der Waals surface area contributed by atoms with E-state index in [1.807, 2.05) is 0 Å². The van der Waals surface area contributed by atoms with Crippen LogP contribution in [0.25, 0.3) is 0 Å². The van der Waals surface area contributed by atoms with E-state index in [1.165, 1.54) is 6.92 Å². The molecule has 4 saturated carbocycles. The predicted octanol–water partition coefficient (Wildman–Crippen LogP) is 1.59. The number of hydrogen-bond donors (Lipinski definition) is 1. The van der Waals surface area contributed by atoms with Gasteiger partial charge in [0.25, 0.3) is 0 Å². The van der Waals surface area contributed by atoms with Gasteiger partial charge >= 0.3 is 5.97 Å². The molecule has 4 rings (SSSR count). The minimum Gasteiger partial charge on any atom is -0.457 e. The summed E-state index contributed by atoms with van der Waals surface area (Å²) in [6.07, 6.45) is 5.48. The molecule has 0 saturated heterocycles. The molecule has 5 heteroatoms. The van der Waals surface area contributed by atoms with Crippen molar-refractivity contribution in [2.75, 3.05) is 6.61 Å². The van der Waals surface area contributed by atoms with E-state index in [2.05, 4.69) is 5.32 Å². The number of esters is 1. The minimum atomic E-state index is -0.484. The normalized spacial score (nSPS) is 39.9. The highest BCUT2D eigenvalue weighted by molar-refractivity contribution is 5.83. The van der Waals surface area contributed by atoms with Crippen molar-refractivity contribution in [3.63, 3.8) is 0 Å². The number of ketones is 1. The number of carbonyl (C=O) groups excluding carboxylic acids is 3. The lowest BCUT2D eigenvalue weighted by Crippen LogP contribution is -2.64. The molecular weight excluding hydrogens is 270 g/mol. The fraction of sp³-hybridized carbons (Fsp3) is 0.812. The molecule has 1 N–H and O–H groups in total. The van der Waals surface area contributed by atoms with Crippen LogP contribution in [0, 0.1) is 17.3 Å². The number of Topliss-reactive ketones (excluding diaryl/α,β-unsaturated/α-hetero) is 1. The third kappa shape index (κ3) is 2.58. The van der Waals surface area contributed by atoms with E-state index in [1.54, 1.807) is 6.92 Å². The van der Waals surface area contributed by atoms with Gasteiger partial charge in [-0.3, -0.25) is 14.4 Å². The van der Waals surface area contributed by atoms with Crippen LogP contribution in [0.3, 0.4) is 0 Å². The van der Waals surface area contributed by atoms with Gasteiger partial charge in [-0.05, 0) is 57.3 Å². The van der Waals surface area contributed by atoms with Gasteiger partial charge in [0.05, 0.1) is 5.41 Å². The Bertz CT molecular complexity index is 485. The molecule has 0 spiro atoms. The van der Waals surface area contributed by atoms with Crippen LogP contribution in [0.2, 0.25) is 0 Å². The van der Waals surface area contributed by atoms with Crippen LogP contribution in [0.15, 0.2) is 0 Å². The zero-order valence-electron chi connectivity index (χ0n) is 12.7. The smallest absolute Gasteiger partial charge is 0.312 e. The molecule has 4 aliphatic rings. The molecule has 1 amide bonds. The second-order valence-corrected chi connectivity index (χ2v) is 7.48. The van der Waals surface area contributed by atoms with E-state index in [0.29, 0.717) is 18.3 Å². The quantitative estimate of drug-likeness (QED) is 0.799. The van der Waals surface area contributed by atoms with Crippen molar-refractivity contribution in [2.45, 2.75) is 57.9 Å². The summed E-state index contributed by atoms with van der Waals surface area (Å²) in [6, 6.07) is 0. The Morgan fingerprint density at radius 3 is 2.24 bits per heavy atom. The fourth-order valence-corrected chi connectivity index (χ4v) is 5.34. The first-order valence-electron chi connectivity index (χ1n) is 7.78. The molecule has 0 aromatic carbocycles. The Balaban J connectivity index is 1.81. The molecular formula is C16H23NO4. The van der Waals surface area contributed by atoms with Gasteiger partial charge in [-0.15, -0.1) is 0 Å². The summed E-state index contributed by atoms with van der Waals surface area (Å²) in [5, 5.41) is 3.12. The van der Waals surface area contributed by atoms with Crippen molar-refractivity contribution in [1.29, 1.82) is 0 Å². The SMILES string of the molecule is CC(=O)COC(=O)C12CC3CC(CC(NC(C)=O)(C3)C1)C2. The Hall–Kier alpha value is -1.39. The highest BCUT2D eigenvalue weighted by Gasteiger charge is 2.61. The molecule has 0 heterocycles. The number of nitrogens with one attached hydrogen (secondary N) is 1. The van der Waals surface area contributed by atoms with E-state index in [0.717, 1.165) is 32.1 Å². The van der Waals surface area contributed by atoms with Crippen LogP contribution in [0.1, 0.15) is 52.4 Å². The molecule has 0 radical (unpaired) electrons. The number of carbonyl (C=O) groups is 3. The van der Waals surface area contributed by atoms with Gasteiger partial charge < -0.3 is 10.1 Å². The molecule has 0 aromatic heterocycles. The van der Waals surface area contributed by atoms with Crippen molar-refractivity contribution < 1.29 is 19.1 Å². The first-order chi connectivity index (χ1) is 9.82. The summed E-state index contributed by atoms with van der Waals surface area (Å²) >= 11 is 0. The van der Waals surface area contributed by atoms with E-state index in [9.17, 15) is 14.4 Å². The van der Waals surface area contributed by atoms with Gasteiger partial charge in [-0.25, -0.2) is 0 Å². The summed E-state index contributed by atoms with van der Waals surface area (Å²) in [7, 11) is 0. The molecule has 5 nitrogen and oxygen atoms in total. The monoisotopic (exact) mass is 293 g/mol. The van der Waals surface area contributed by atoms with E-state index < -0.39 is 5.41 Å². The van der Waals surface area contributed by atoms with E-state index >= 15 is 0 Å².